The number of nitriles is 1. The summed E-state index contributed by atoms with van der Waals surface area (Å²) in [5, 5.41) is 20.2. The monoisotopic (exact) mass is 470 g/mol. The molecule has 3 aromatic heterocycles. The molecule has 0 amide bonds. The largest absolute Gasteiger partial charge is 0.338 e. The number of aromatic nitrogens is 5. The summed E-state index contributed by atoms with van der Waals surface area (Å²) in [6.07, 6.45) is 10.5. The van der Waals surface area contributed by atoms with E-state index in [0.29, 0.717) is 16.5 Å². The van der Waals surface area contributed by atoms with Gasteiger partial charge < -0.3 is 5.32 Å². The van der Waals surface area contributed by atoms with Gasteiger partial charge in [0.05, 0.1) is 47.9 Å². The number of piperidine rings is 1. The smallest absolute Gasteiger partial charge is 0.148 e. The highest BCUT2D eigenvalue weighted by Gasteiger charge is 2.26. The van der Waals surface area contributed by atoms with Gasteiger partial charge in [-0.2, -0.15) is 10.4 Å². The first-order valence-electron chi connectivity index (χ1n) is 11.2. The van der Waals surface area contributed by atoms with Crippen LogP contribution in [0.2, 0.25) is 5.02 Å². The molecule has 0 bridgehead atoms. The van der Waals surface area contributed by atoms with Crippen molar-refractivity contribution in [1.29, 1.82) is 5.26 Å². The summed E-state index contributed by atoms with van der Waals surface area (Å²) in [5.74, 6) is 0.637. The number of rotatable bonds is 6. The molecule has 8 nitrogen and oxygen atoms in total. The Morgan fingerprint density at radius 3 is 2.65 bits per heavy atom. The maximum absolute atomic E-state index is 8.89. The Bertz CT molecular complexity index is 1280. The number of likely N-dealkylation sites (tertiary alicyclic amines) is 1. The first-order valence-corrected chi connectivity index (χ1v) is 11.5. The van der Waals surface area contributed by atoms with E-state index < -0.39 is 0 Å². The normalized spacial score (nSPS) is 16.2. The number of hydrogen-bond acceptors (Lipinski definition) is 7. The van der Waals surface area contributed by atoms with Crippen LogP contribution in [0.25, 0.3) is 11.3 Å². The molecule has 0 radical (unpaired) electrons. The van der Waals surface area contributed by atoms with Crippen LogP contribution < -0.4 is 5.32 Å². The number of halogens is 1. The molecule has 34 heavy (non-hydrogen) atoms. The predicted octanol–water partition coefficient (Wildman–Crippen LogP) is 5.26. The van der Waals surface area contributed by atoms with Gasteiger partial charge in [0.2, 0.25) is 0 Å². The quantitative estimate of drug-likeness (QED) is 0.396. The average molecular weight is 471 g/mol. The standard InChI is InChI=1S/C25H23ClN8/c26-19-6-4-17(5-7-19)25-18(12-31-33-25)16-34-10-2-1-3-23(34)22-14-30-24(15-29-22)32-21-9-8-20(11-27)28-13-21/h4-9,12-15,23H,1-3,10,16H2,(H,30,32)(H,31,33)/t23-/m1/s1. The van der Waals surface area contributed by atoms with E-state index in [1.165, 1.54) is 0 Å². The molecule has 0 unspecified atom stereocenters. The Morgan fingerprint density at radius 2 is 1.91 bits per heavy atom. The van der Waals surface area contributed by atoms with E-state index >= 15 is 0 Å². The Labute approximate surface area is 202 Å². The number of pyridine rings is 1. The molecule has 4 aromatic rings. The summed E-state index contributed by atoms with van der Waals surface area (Å²) >= 11 is 6.06. The van der Waals surface area contributed by atoms with E-state index in [0.717, 1.165) is 60.6 Å². The van der Waals surface area contributed by atoms with Gasteiger partial charge in [0.15, 0.2) is 0 Å². The molecule has 170 valence electrons. The first kappa shape index (κ1) is 22.0. The Hall–Kier alpha value is -3.80. The summed E-state index contributed by atoms with van der Waals surface area (Å²) < 4.78 is 0. The zero-order valence-electron chi connectivity index (χ0n) is 18.4. The maximum Gasteiger partial charge on any atom is 0.148 e. The van der Waals surface area contributed by atoms with Crippen molar-refractivity contribution >= 4 is 23.1 Å². The molecular weight excluding hydrogens is 448 g/mol. The van der Waals surface area contributed by atoms with Gasteiger partial charge in [0, 0.05) is 17.1 Å². The second kappa shape index (κ2) is 10.00. The van der Waals surface area contributed by atoms with Crippen LogP contribution in [0, 0.1) is 11.3 Å². The molecule has 1 aliphatic heterocycles. The maximum atomic E-state index is 8.89. The molecule has 0 aliphatic carbocycles. The number of hydrogen-bond donors (Lipinski definition) is 2. The van der Waals surface area contributed by atoms with Crippen molar-refractivity contribution in [2.45, 2.75) is 31.8 Å². The first-order chi connectivity index (χ1) is 16.7. The molecule has 1 fully saturated rings. The minimum absolute atomic E-state index is 0.194. The number of nitrogens with zero attached hydrogens (tertiary/aromatic N) is 6. The third-order valence-corrected chi connectivity index (χ3v) is 6.25. The lowest BCUT2D eigenvalue weighted by molar-refractivity contribution is 0.137. The van der Waals surface area contributed by atoms with Crippen LogP contribution in [0.4, 0.5) is 11.5 Å². The van der Waals surface area contributed by atoms with Crippen LogP contribution in [0.5, 0.6) is 0 Å². The number of H-pyrrole nitrogens is 1. The minimum atomic E-state index is 0.194. The summed E-state index contributed by atoms with van der Waals surface area (Å²) in [4.78, 5) is 15.8. The Balaban J connectivity index is 1.31. The van der Waals surface area contributed by atoms with Crippen LogP contribution in [0.1, 0.15) is 42.3 Å². The second-order valence-electron chi connectivity index (χ2n) is 8.25. The molecule has 1 saturated heterocycles. The highest BCUT2D eigenvalue weighted by Crippen LogP contribution is 2.33. The van der Waals surface area contributed by atoms with Crippen molar-refractivity contribution in [1.82, 2.24) is 30.0 Å². The minimum Gasteiger partial charge on any atom is -0.338 e. The topological polar surface area (TPSA) is 106 Å². The molecule has 0 spiro atoms. The van der Waals surface area contributed by atoms with E-state index in [4.69, 9.17) is 21.8 Å². The van der Waals surface area contributed by atoms with Crippen LogP contribution >= 0.6 is 11.6 Å². The lowest BCUT2D eigenvalue weighted by Crippen LogP contribution is -2.33. The molecule has 0 saturated carbocycles. The lowest BCUT2D eigenvalue weighted by atomic mass is 9.98. The van der Waals surface area contributed by atoms with Crippen molar-refractivity contribution in [3.8, 4) is 17.3 Å². The van der Waals surface area contributed by atoms with Crippen LogP contribution in [-0.2, 0) is 6.54 Å². The molecule has 4 heterocycles. The van der Waals surface area contributed by atoms with Gasteiger partial charge in [0.25, 0.3) is 0 Å². The molecule has 2 N–H and O–H groups in total. The fourth-order valence-electron chi connectivity index (χ4n) is 4.29. The number of aromatic amines is 1. The van der Waals surface area contributed by atoms with Crippen molar-refractivity contribution in [2.24, 2.45) is 0 Å². The van der Waals surface area contributed by atoms with Crippen LogP contribution in [0.3, 0.4) is 0 Å². The van der Waals surface area contributed by atoms with Gasteiger partial charge in [-0.05, 0) is 49.2 Å². The number of anilines is 2. The second-order valence-corrected chi connectivity index (χ2v) is 8.69. The van der Waals surface area contributed by atoms with Gasteiger partial charge in [-0.15, -0.1) is 0 Å². The van der Waals surface area contributed by atoms with E-state index in [2.05, 4.69) is 30.4 Å². The highest BCUT2D eigenvalue weighted by atomic mass is 35.5. The van der Waals surface area contributed by atoms with Gasteiger partial charge in [-0.3, -0.25) is 15.0 Å². The zero-order chi connectivity index (χ0) is 23.3. The SMILES string of the molecule is N#Cc1ccc(Nc2cnc([C@H]3CCCCN3Cc3cn[nH]c3-c3ccc(Cl)cc3)cn2)cn1. The van der Waals surface area contributed by atoms with E-state index in [9.17, 15) is 0 Å². The molecule has 1 aliphatic rings. The molecular formula is C25H23ClN8. The molecule has 9 heteroatoms. The van der Waals surface area contributed by atoms with Crippen LogP contribution in [-0.4, -0.2) is 36.6 Å². The molecule has 1 atom stereocenters. The summed E-state index contributed by atoms with van der Waals surface area (Å²) in [6.45, 7) is 1.77. The van der Waals surface area contributed by atoms with E-state index in [1.807, 2.05) is 42.7 Å². The Morgan fingerprint density at radius 1 is 1.03 bits per heavy atom. The van der Waals surface area contributed by atoms with Crippen molar-refractivity contribution < 1.29 is 0 Å². The Kier molecular flexibility index (Phi) is 6.47. The van der Waals surface area contributed by atoms with Crippen molar-refractivity contribution in [3.05, 3.63) is 83.2 Å². The van der Waals surface area contributed by atoms with Crippen molar-refractivity contribution in [2.75, 3.05) is 11.9 Å². The summed E-state index contributed by atoms with van der Waals surface area (Å²) in [5.41, 5.74) is 5.32. The van der Waals surface area contributed by atoms with Crippen molar-refractivity contribution in [3.63, 3.8) is 0 Å². The van der Waals surface area contributed by atoms with Gasteiger partial charge in [-0.25, -0.2) is 9.97 Å². The fraction of sp³-hybridized carbons (Fsp3) is 0.240. The fourth-order valence-corrected chi connectivity index (χ4v) is 4.41. The molecule has 1 aromatic carbocycles. The number of nitrogens with one attached hydrogen (secondary N) is 2. The summed E-state index contributed by atoms with van der Waals surface area (Å²) in [7, 11) is 0. The number of benzene rings is 1. The van der Waals surface area contributed by atoms with E-state index in [1.54, 1.807) is 24.5 Å². The molecule has 5 rings (SSSR count). The van der Waals surface area contributed by atoms with Gasteiger partial charge in [-0.1, -0.05) is 30.2 Å². The third-order valence-electron chi connectivity index (χ3n) is 6.00. The average Bonchev–Trinajstić information content (AvgIpc) is 3.34. The summed E-state index contributed by atoms with van der Waals surface area (Å²) in [6, 6.07) is 13.5. The van der Waals surface area contributed by atoms with Gasteiger partial charge >= 0.3 is 0 Å². The highest BCUT2D eigenvalue weighted by molar-refractivity contribution is 6.30. The zero-order valence-corrected chi connectivity index (χ0v) is 19.2. The third kappa shape index (κ3) is 4.91. The van der Waals surface area contributed by atoms with Gasteiger partial charge in [0.1, 0.15) is 17.6 Å². The predicted molar refractivity (Wildman–Crippen MR) is 130 cm³/mol. The lowest BCUT2D eigenvalue weighted by Gasteiger charge is -2.35. The van der Waals surface area contributed by atoms with E-state index in [-0.39, 0.29) is 6.04 Å². The van der Waals surface area contributed by atoms with Crippen LogP contribution in [0.15, 0.2) is 61.2 Å².